The van der Waals surface area contributed by atoms with Crippen LogP contribution in [0.3, 0.4) is 0 Å². The van der Waals surface area contributed by atoms with Gasteiger partial charge < -0.3 is 24.9 Å². The van der Waals surface area contributed by atoms with Gasteiger partial charge in [-0.25, -0.2) is 0 Å². The molecule has 134 valence electrons. The van der Waals surface area contributed by atoms with Crippen molar-refractivity contribution in [2.45, 2.75) is 32.9 Å². The van der Waals surface area contributed by atoms with Gasteiger partial charge in [-0.2, -0.15) is 0 Å². The number of phenolic OH excluding ortho intramolecular Hbond substituents is 1. The normalized spacial score (nSPS) is 20.9. The summed E-state index contributed by atoms with van der Waals surface area (Å²) in [5.74, 6) is 1.30. The molecule has 1 aliphatic heterocycles. The zero-order valence-corrected chi connectivity index (χ0v) is 15.2. The van der Waals surface area contributed by atoms with Gasteiger partial charge in [-0.15, -0.1) is 0 Å². The number of ether oxygens (including phenoxy) is 2. The van der Waals surface area contributed by atoms with E-state index in [9.17, 15) is 5.11 Å². The Balaban J connectivity index is 1.83. The van der Waals surface area contributed by atoms with Gasteiger partial charge in [-0.05, 0) is 44.0 Å². The van der Waals surface area contributed by atoms with Crippen LogP contribution in [0.5, 0.6) is 11.5 Å². The van der Waals surface area contributed by atoms with Crippen molar-refractivity contribution < 1.29 is 14.6 Å². The van der Waals surface area contributed by atoms with Crippen LogP contribution in [0.2, 0.25) is 0 Å². The monoisotopic (exact) mass is 342 g/mol. The van der Waals surface area contributed by atoms with Gasteiger partial charge in [0.1, 0.15) is 17.6 Å². The van der Waals surface area contributed by atoms with Gasteiger partial charge in [0.15, 0.2) is 0 Å². The number of rotatable bonds is 6. The number of aromatic amines is 1. The summed E-state index contributed by atoms with van der Waals surface area (Å²) in [5, 5.41) is 13.5. The summed E-state index contributed by atoms with van der Waals surface area (Å²) in [4.78, 5) is 3.42. The zero-order chi connectivity index (χ0) is 18.0. The largest absolute Gasteiger partial charge is 0.508 e. The Kier molecular flexibility index (Phi) is 5.04. The molecule has 2 heterocycles. The number of hydrogen-bond acceptors (Lipinski definition) is 4. The summed E-state index contributed by atoms with van der Waals surface area (Å²) >= 11 is 0. The number of phenols is 1. The molecule has 3 atom stereocenters. The summed E-state index contributed by atoms with van der Waals surface area (Å²) in [6.45, 7) is 6.81. The fourth-order valence-corrected chi connectivity index (χ4v) is 3.03. The average molecular weight is 342 g/mol. The minimum atomic E-state index is -0.0883. The Bertz CT molecular complexity index is 766. The van der Waals surface area contributed by atoms with Gasteiger partial charge in [-0.3, -0.25) is 0 Å². The van der Waals surface area contributed by atoms with Crippen molar-refractivity contribution in [1.29, 1.82) is 0 Å². The maximum absolute atomic E-state index is 10.0. The first-order chi connectivity index (χ1) is 12.0. The third-order valence-electron chi connectivity index (χ3n) is 4.52. The van der Waals surface area contributed by atoms with Crippen LogP contribution < -0.4 is 10.1 Å². The average Bonchev–Trinajstić information content (AvgIpc) is 3.14. The van der Waals surface area contributed by atoms with E-state index in [2.05, 4.69) is 36.3 Å². The fraction of sp³-hybridized carbons (Fsp3) is 0.400. The Hall–Kier alpha value is -2.40. The molecular formula is C20H26N2O3. The SMILES string of the molecule is COC[C@H](C)Oc1cc(O)cc(-c2ccc(C3=C[C@@H](C)[C@H](C)N3)[nH]2)c1. The quantitative estimate of drug-likeness (QED) is 0.748. The topological polar surface area (TPSA) is 66.5 Å². The van der Waals surface area contributed by atoms with E-state index in [0.717, 1.165) is 22.6 Å². The number of H-pyrrole nitrogens is 1. The zero-order valence-electron chi connectivity index (χ0n) is 15.2. The van der Waals surface area contributed by atoms with Gasteiger partial charge in [0.2, 0.25) is 0 Å². The standard InChI is InChI=1S/C20H26N2O3/c1-12-7-20(21-14(12)3)19-6-5-18(22-19)15-8-16(23)10-17(9-15)25-13(2)11-24-4/h5-10,12-14,21-23H,11H2,1-4H3/t12-,13+,14+/m1/s1. The van der Waals surface area contributed by atoms with E-state index in [-0.39, 0.29) is 11.9 Å². The van der Waals surface area contributed by atoms with Crippen molar-refractivity contribution in [1.82, 2.24) is 10.3 Å². The summed E-state index contributed by atoms with van der Waals surface area (Å²) in [7, 11) is 1.64. The first kappa shape index (κ1) is 17.4. The minimum Gasteiger partial charge on any atom is -0.508 e. The van der Waals surface area contributed by atoms with Crippen LogP contribution in [0.25, 0.3) is 17.0 Å². The van der Waals surface area contributed by atoms with Crippen LogP contribution in [0.4, 0.5) is 0 Å². The van der Waals surface area contributed by atoms with Crippen LogP contribution in [-0.4, -0.2) is 36.0 Å². The number of hydrogen-bond donors (Lipinski definition) is 3. The van der Waals surface area contributed by atoms with E-state index in [1.54, 1.807) is 19.2 Å². The summed E-state index contributed by atoms with van der Waals surface area (Å²) < 4.78 is 10.9. The highest BCUT2D eigenvalue weighted by Gasteiger charge is 2.20. The van der Waals surface area contributed by atoms with Gasteiger partial charge in [-0.1, -0.05) is 13.0 Å². The molecule has 0 bridgehead atoms. The lowest BCUT2D eigenvalue weighted by molar-refractivity contribution is 0.0919. The molecular weight excluding hydrogens is 316 g/mol. The van der Waals surface area contributed by atoms with E-state index < -0.39 is 0 Å². The van der Waals surface area contributed by atoms with Crippen molar-refractivity contribution in [3.63, 3.8) is 0 Å². The van der Waals surface area contributed by atoms with E-state index in [1.165, 1.54) is 0 Å². The molecule has 1 aromatic carbocycles. The third-order valence-corrected chi connectivity index (χ3v) is 4.52. The van der Waals surface area contributed by atoms with E-state index in [4.69, 9.17) is 9.47 Å². The highest BCUT2D eigenvalue weighted by Crippen LogP contribution is 2.31. The second-order valence-electron chi connectivity index (χ2n) is 6.76. The maximum atomic E-state index is 10.0. The molecule has 5 heteroatoms. The predicted molar refractivity (Wildman–Crippen MR) is 99.6 cm³/mol. The van der Waals surface area contributed by atoms with E-state index >= 15 is 0 Å². The lowest BCUT2D eigenvalue weighted by atomic mass is 10.1. The Labute approximate surface area is 148 Å². The van der Waals surface area contributed by atoms with Crippen LogP contribution in [0.1, 0.15) is 26.5 Å². The van der Waals surface area contributed by atoms with Gasteiger partial charge in [0, 0.05) is 30.5 Å². The van der Waals surface area contributed by atoms with E-state index in [1.807, 2.05) is 19.1 Å². The summed E-state index contributed by atoms with van der Waals surface area (Å²) in [6.07, 6.45) is 2.15. The second-order valence-corrected chi connectivity index (χ2v) is 6.76. The fourth-order valence-electron chi connectivity index (χ4n) is 3.03. The van der Waals surface area contributed by atoms with Crippen molar-refractivity contribution in [3.8, 4) is 22.8 Å². The van der Waals surface area contributed by atoms with Gasteiger partial charge in [0.05, 0.1) is 18.0 Å². The van der Waals surface area contributed by atoms with E-state index in [0.29, 0.717) is 24.3 Å². The molecule has 0 saturated heterocycles. The molecule has 3 N–H and O–H groups in total. The van der Waals surface area contributed by atoms with Crippen LogP contribution >= 0.6 is 0 Å². The first-order valence-electron chi connectivity index (χ1n) is 8.64. The molecule has 3 rings (SSSR count). The number of methoxy groups -OCH3 is 1. The molecule has 0 saturated carbocycles. The van der Waals surface area contributed by atoms with Crippen molar-refractivity contribution in [2.75, 3.05) is 13.7 Å². The molecule has 0 unspecified atom stereocenters. The number of benzene rings is 1. The number of aromatic nitrogens is 1. The van der Waals surface area contributed by atoms with Crippen LogP contribution in [-0.2, 0) is 4.74 Å². The lowest BCUT2D eigenvalue weighted by Gasteiger charge is -2.14. The first-order valence-corrected chi connectivity index (χ1v) is 8.64. The molecule has 0 spiro atoms. The number of aromatic hydroxyl groups is 1. The lowest BCUT2D eigenvalue weighted by Crippen LogP contribution is -2.22. The Morgan fingerprint density at radius 3 is 2.60 bits per heavy atom. The van der Waals surface area contributed by atoms with Crippen molar-refractivity contribution in [3.05, 3.63) is 42.1 Å². The molecule has 0 aliphatic carbocycles. The highest BCUT2D eigenvalue weighted by molar-refractivity contribution is 5.70. The smallest absolute Gasteiger partial charge is 0.124 e. The second kappa shape index (κ2) is 7.23. The highest BCUT2D eigenvalue weighted by atomic mass is 16.5. The van der Waals surface area contributed by atoms with Gasteiger partial charge in [0.25, 0.3) is 0 Å². The minimum absolute atomic E-state index is 0.0883. The Morgan fingerprint density at radius 2 is 1.92 bits per heavy atom. The molecule has 0 radical (unpaired) electrons. The van der Waals surface area contributed by atoms with Gasteiger partial charge >= 0.3 is 0 Å². The molecule has 2 aromatic rings. The summed E-state index contributed by atoms with van der Waals surface area (Å²) in [6, 6.07) is 9.77. The van der Waals surface area contributed by atoms with Crippen LogP contribution in [0.15, 0.2) is 36.4 Å². The molecule has 0 amide bonds. The van der Waals surface area contributed by atoms with Crippen molar-refractivity contribution in [2.24, 2.45) is 5.92 Å². The molecule has 5 nitrogen and oxygen atoms in total. The molecule has 0 fully saturated rings. The summed E-state index contributed by atoms with van der Waals surface area (Å²) in [5.41, 5.74) is 3.98. The number of nitrogens with one attached hydrogen (secondary N) is 2. The van der Waals surface area contributed by atoms with Crippen LogP contribution in [0, 0.1) is 5.92 Å². The Morgan fingerprint density at radius 1 is 1.16 bits per heavy atom. The maximum Gasteiger partial charge on any atom is 0.124 e. The predicted octanol–water partition coefficient (Wildman–Crippen LogP) is 3.77. The third kappa shape index (κ3) is 3.99. The molecule has 1 aliphatic rings. The molecule has 25 heavy (non-hydrogen) atoms. The van der Waals surface area contributed by atoms with Crippen molar-refractivity contribution >= 4 is 5.70 Å². The molecule has 1 aromatic heterocycles.